The number of sulfonamides is 1. The van der Waals surface area contributed by atoms with E-state index >= 15 is 0 Å². The Morgan fingerprint density at radius 1 is 1.12 bits per heavy atom. The molecule has 1 aliphatic heterocycles. The van der Waals surface area contributed by atoms with Crippen molar-refractivity contribution in [2.45, 2.75) is 18.7 Å². The molecular formula is C19H23N3O3S. The maximum Gasteiger partial charge on any atom is 0.262 e. The molecule has 0 saturated carbocycles. The van der Waals surface area contributed by atoms with Crippen molar-refractivity contribution in [3.8, 4) is 0 Å². The Kier molecular flexibility index (Phi) is 5.29. The zero-order valence-corrected chi connectivity index (χ0v) is 15.6. The van der Waals surface area contributed by atoms with Crippen molar-refractivity contribution >= 4 is 27.3 Å². The van der Waals surface area contributed by atoms with Crippen LogP contribution in [0.5, 0.6) is 0 Å². The molecule has 0 aromatic heterocycles. The molecule has 7 heteroatoms. The van der Waals surface area contributed by atoms with Crippen LogP contribution in [0.15, 0.2) is 53.4 Å². The molecule has 1 unspecified atom stereocenters. The minimum Gasteiger partial charge on any atom is -0.326 e. The predicted molar refractivity (Wildman–Crippen MR) is 103 cm³/mol. The van der Waals surface area contributed by atoms with E-state index < -0.39 is 10.0 Å². The fourth-order valence-corrected chi connectivity index (χ4v) is 4.15. The maximum absolute atomic E-state index is 12.7. The lowest BCUT2D eigenvalue weighted by Gasteiger charge is -2.31. The fourth-order valence-electron chi connectivity index (χ4n) is 2.82. The summed E-state index contributed by atoms with van der Waals surface area (Å²) in [7, 11) is -3.74. The molecule has 0 bridgehead atoms. The van der Waals surface area contributed by atoms with Gasteiger partial charge >= 0.3 is 0 Å². The Balaban J connectivity index is 1.79. The van der Waals surface area contributed by atoms with Gasteiger partial charge in [0.1, 0.15) is 0 Å². The van der Waals surface area contributed by atoms with E-state index in [4.69, 9.17) is 0 Å². The van der Waals surface area contributed by atoms with Crippen LogP contribution in [0, 0.1) is 18.8 Å². The number of para-hydroxylation sites is 1. The van der Waals surface area contributed by atoms with Crippen LogP contribution < -0.4 is 15.4 Å². The van der Waals surface area contributed by atoms with Crippen LogP contribution in [0.25, 0.3) is 0 Å². The van der Waals surface area contributed by atoms with E-state index in [0.29, 0.717) is 22.9 Å². The minimum absolute atomic E-state index is 0.0975. The van der Waals surface area contributed by atoms with Crippen LogP contribution in [0.1, 0.15) is 12.5 Å². The maximum atomic E-state index is 12.7. The summed E-state index contributed by atoms with van der Waals surface area (Å²) >= 11 is 0. The van der Waals surface area contributed by atoms with Crippen LogP contribution in [0.3, 0.4) is 0 Å². The van der Waals surface area contributed by atoms with E-state index in [9.17, 15) is 13.2 Å². The standard InChI is InChI=1S/C19H23N3O3S/c1-13-8-9-17(21-19(23)14(2)15-11-20-12-15)10-18(13)26(24,25)22-16-6-4-3-5-7-16/h3-10,14-15,20,22H,11-12H2,1-2H3,(H,21,23). The lowest BCUT2D eigenvalue weighted by molar-refractivity contribution is -0.121. The molecular weight excluding hydrogens is 350 g/mol. The summed E-state index contributed by atoms with van der Waals surface area (Å²) in [6, 6.07) is 13.6. The van der Waals surface area contributed by atoms with Crippen molar-refractivity contribution in [3.63, 3.8) is 0 Å². The summed E-state index contributed by atoms with van der Waals surface area (Å²) in [4.78, 5) is 12.5. The zero-order chi connectivity index (χ0) is 18.7. The Morgan fingerprint density at radius 2 is 1.81 bits per heavy atom. The van der Waals surface area contributed by atoms with Crippen LogP contribution in [-0.2, 0) is 14.8 Å². The van der Waals surface area contributed by atoms with Crippen molar-refractivity contribution in [2.75, 3.05) is 23.1 Å². The summed E-state index contributed by atoms with van der Waals surface area (Å²) in [6.45, 7) is 5.30. The van der Waals surface area contributed by atoms with E-state index in [2.05, 4.69) is 15.4 Å². The SMILES string of the molecule is Cc1ccc(NC(=O)C(C)C2CNC2)cc1S(=O)(=O)Nc1ccccc1. The first-order valence-corrected chi connectivity index (χ1v) is 10.1. The van der Waals surface area contributed by atoms with Crippen molar-refractivity contribution in [2.24, 2.45) is 11.8 Å². The van der Waals surface area contributed by atoms with Gasteiger partial charge in [-0.2, -0.15) is 0 Å². The number of amides is 1. The van der Waals surface area contributed by atoms with Gasteiger partial charge in [-0.1, -0.05) is 31.2 Å². The molecule has 0 radical (unpaired) electrons. The van der Waals surface area contributed by atoms with Gasteiger partial charge in [-0.05, 0) is 55.8 Å². The van der Waals surface area contributed by atoms with Crippen molar-refractivity contribution < 1.29 is 13.2 Å². The van der Waals surface area contributed by atoms with E-state index in [1.165, 1.54) is 6.07 Å². The summed E-state index contributed by atoms with van der Waals surface area (Å²) in [5, 5.41) is 5.99. The van der Waals surface area contributed by atoms with Crippen molar-refractivity contribution in [3.05, 3.63) is 54.1 Å². The number of benzene rings is 2. The summed E-state index contributed by atoms with van der Waals surface area (Å²) in [6.07, 6.45) is 0. The number of carbonyl (C=O) groups is 1. The number of anilines is 2. The Bertz CT molecular complexity index is 894. The highest BCUT2D eigenvalue weighted by Crippen LogP contribution is 2.24. The second-order valence-corrected chi connectivity index (χ2v) is 8.30. The van der Waals surface area contributed by atoms with Crippen molar-refractivity contribution in [1.82, 2.24) is 5.32 Å². The first-order chi connectivity index (χ1) is 12.4. The molecule has 1 fully saturated rings. The number of aryl methyl sites for hydroxylation is 1. The van der Waals surface area contributed by atoms with Gasteiger partial charge in [0.15, 0.2) is 0 Å². The highest BCUT2D eigenvalue weighted by Gasteiger charge is 2.29. The average Bonchev–Trinajstić information content (AvgIpc) is 2.55. The van der Waals surface area contributed by atoms with Crippen LogP contribution in [0.2, 0.25) is 0 Å². The molecule has 1 aliphatic rings. The molecule has 2 aromatic carbocycles. The molecule has 138 valence electrons. The number of rotatable bonds is 6. The number of carbonyl (C=O) groups excluding carboxylic acids is 1. The zero-order valence-electron chi connectivity index (χ0n) is 14.8. The van der Waals surface area contributed by atoms with Gasteiger partial charge in [-0.25, -0.2) is 8.42 Å². The number of hydrogen-bond donors (Lipinski definition) is 3. The lowest BCUT2D eigenvalue weighted by atomic mass is 9.88. The molecule has 1 atom stereocenters. The van der Waals surface area contributed by atoms with E-state index in [1.807, 2.05) is 13.0 Å². The van der Waals surface area contributed by atoms with Gasteiger partial charge < -0.3 is 10.6 Å². The summed E-state index contributed by atoms with van der Waals surface area (Å²) in [5.74, 6) is 0.100. The minimum atomic E-state index is -3.74. The first kappa shape index (κ1) is 18.4. The molecule has 1 heterocycles. The quantitative estimate of drug-likeness (QED) is 0.726. The Labute approximate surface area is 154 Å². The van der Waals surface area contributed by atoms with Gasteiger partial charge in [0.05, 0.1) is 4.90 Å². The normalized spacial score (nSPS) is 15.8. The second kappa shape index (κ2) is 7.47. The third-order valence-corrected chi connectivity index (χ3v) is 6.23. The second-order valence-electron chi connectivity index (χ2n) is 6.65. The molecule has 26 heavy (non-hydrogen) atoms. The van der Waals surface area contributed by atoms with Crippen LogP contribution in [-0.4, -0.2) is 27.4 Å². The Morgan fingerprint density at radius 3 is 2.42 bits per heavy atom. The molecule has 0 aliphatic carbocycles. The third kappa shape index (κ3) is 4.05. The number of hydrogen-bond acceptors (Lipinski definition) is 4. The monoisotopic (exact) mass is 373 g/mol. The predicted octanol–water partition coefficient (Wildman–Crippen LogP) is 2.59. The summed E-state index contributed by atoms with van der Waals surface area (Å²) < 4.78 is 28.0. The van der Waals surface area contributed by atoms with Crippen LogP contribution in [0.4, 0.5) is 11.4 Å². The smallest absolute Gasteiger partial charge is 0.262 e. The molecule has 3 rings (SSSR count). The van der Waals surface area contributed by atoms with Crippen molar-refractivity contribution in [1.29, 1.82) is 0 Å². The molecule has 6 nitrogen and oxygen atoms in total. The third-order valence-electron chi connectivity index (χ3n) is 4.70. The van der Waals surface area contributed by atoms with E-state index in [0.717, 1.165) is 13.1 Å². The topological polar surface area (TPSA) is 87.3 Å². The Hall–Kier alpha value is -2.38. The highest BCUT2D eigenvalue weighted by molar-refractivity contribution is 7.92. The fraction of sp³-hybridized carbons (Fsp3) is 0.316. The van der Waals surface area contributed by atoms with Gasteiger partial charge in [0.25, 0.3) is 10.0 Å². The van der Waals surface area contributed by atoms with Gasteiger partial charge in [0.2, 0.25) is 5.91 Å². The van der Waals surface area contributed by atoms with E-state index in [1.54, 1.807) is 43.3 Å². The van der Waals surface area contributed by atoms with Gasteiger partial charge in [-0.3, -0.25) is 9.52 Å². The average molecular weight is 373 g/mol. The molecule has 1 amide bonds. The summed E-state index contributed by atoms with van der Waals surface area (Å²) in [5.41, 5.74) is 1.59. The molecule has 0 spiro atoms. The van der Waals surface area contributed by atoms with E-state index in [-0.39, 0.29) is 16.7 Å². The van der Waals surface area contributed by atoms with Gasteiger partial charge in [0, 0.05) is 17.3 Å². The largest absolute Gasteiger partial charge is 0.326 e. The lowest BCUT2D eigenvalue weighted by Crippen LogP contribution is -2.48. The first-order valence-electron chi connectivity index (χ1n) is 8.57. The molecule has 3 N–H and O–H groups in total. The molecule has 1 saturated heterocycles. The highest BCUT2D eigenvalue weighted by atomic mass is 32.2. The van der Waals surface area contributed by atoms with Crippen LogP contribution >= 0.6 is 0 Å². The van der Waals surface area contributed by atoms with Gasteiger partial charge in [-0.15, -0.1) is 0 Å². The number of nitrogens with one attached hydrogen (secondary N) is 3. The molecule has 2 aromatic rings.